The molecule has 1 atom stereocenters. The monoisotopic (exact) mass is 407 g/mol. The van der Waals surface area contributed by atoms with Crippen molar-refractivity contribution in [2.45, 2.75) is 31.7 Å². The van der Waals surface area contributed by atoms with E-state index in [0.717, 1.165) is 50.3 Å². The molecule has 2 aromatic carbocycles. The molecular formula is C22H24F3NO3. The molecule has 2 fully saturated rings. The van der Waals surface area contributed by atoms with E-state index in [1.54, 1.807) is 12.1 Å². The van der Waals surface area contributed by atoms with E-state index >= 15 is 0 Å². The van der Waals surface area contributed by atoms with Gasteiger partial charge in [-0.2, -0.15) is 0 Å². The highest BCUT2D eigenvalue weighted by Gasteiger charge is 2.31. The number of anilines is 1. The summed E-state index contributed by atoms with van der Waals surface area (Å²) in [6.07, 6.45) is -1.42. The number of benzene rings is 2. The maximum Gasteiger partial charge on any atom is 0.573 e. The lowest BCUT2D eigenvalue weighted by atomic mass is 9.90. The third kappa shape index (κ3) is 6.03. The van der Waals surface area contributed by atoms with E-state index in [9.17, 15) is 13.2 Å². The SMILES string of the molecule is FC(F)(F)Oc1ccc(CC2CCN(c3ccc(OC[C@H]4CO4)cc3)CC2)cc1. The molecule has 0 spiro atoms. The smallest absolute Gasteiger partial charge is 0.491 e. The summed E-state index contributed by atoms with van der Waals surface area (Å²) in [4.78, 5) is 2.37. The van der Waals surface area contributed by atoms with Crippen LogP contribution in [0.4, 0.5) is 18.9 Å². The molecule has 2 aliphatic rings. The topological polar surface area (TPSA) is 34.2 Å². The van der Waals surface area contributed by atoms with Crippen molar-refractivity contribution in [1.82, 2.24) is 0 Å². The molecule has 0 aromatic heterocycles. The van der Waals surface area contributed by atoms with Crippen molar-refractivity contribution in [3.8, 4) is 11.5 Å². The Morgan fingerprint density at radius 3 is 2.14 bits per heavy atom. The van der Waals surface area contributed by atoms with Gasteiger partial charge in [0, 0.05) is 18.8 Å². The fourth-order valence-electron chi connectivity index (χ4n) is 3.66. The predicted molar refractivity (Wildman–Crippen MR) is 103 cm³/mol. The van der Waals surface area contributed by atoms with Gasteiger partial charge in [0.2, 0.25) is 0 Å². The molecule has 4 nitrogen and oxygen atoms in total. The number of nitrogens with zero attached hydrogens (tertiary/aromatic N) is 1. The van der Waals surface area contributed by atoms with Gasteiger partial charge in [0.25, 0.3) is 0 Å². The van der Waals surface area contributed by atoms with Crippen molar-refractivity contribution in [3.63, 3.8) is 0 Å². The molecule has 0 aliphatic carbocycles. The lowest BCUT2D eigenvalue weighted by Crippen LogP contribution is -2.34. The second-order valence-corrected chi connectivity index (χ2v) is 7.59. The molecule has 4 rings (SSSR count). The van der Waals surface area contributed by atoms with Gasteiger partial charge in [0.1, 0.15) is 24.2 Å². The highest BCUT2D eigenvalue weighted by molar-refractivity contribution is 5.49. The van der Waals surface area contributed by atoms with Crippen LogP contribution in [0.1, 0.15) is 18.4 Å². The van der Waals surface area contributed by atoms with Gasteiger partial charge in [-0.1, -0.05) is 12.1 Å². The molecule has 2 aliphatic heterocycles. The van der Waals surface area contributed by atoms with E-state index in [1.165, 1.54) is 17.8 Å². The molecule has 0 unspecified atom stereocenters. The van der Waals surface area contributed by atoms with E-state index < -0.39 is 6.36 Å². The summed E-state index contributed by atoms with van der Waals surface area (Å²) in [6.45, 7) is 3.33. The van der Waals surface area contributed by atoms with E-state index in [4.69, 9.17) is 9.47 Å². The number of alkyl halides is 3. The quantitative estimate of drug-likeness (QED) is 0.617. The summed E-state index contributed by atoms with van der Waals surface area (Å²) in [5.41, 5.74) is 2.23. The van der Waals surface area contributed by atoms with Crippen molar-refractivity contribution in [2.24, 2.45) is 5.92 Å². The van der Waals surface area contributed by atoms with Gasteiger partial charge >= 0.3 is 6.36 Å². The number of ether oxygens (including phenoxy) is 3. The van der Waals surface area contributed by atoms with Gasteiger partial charge in [0.15, 0.2) is 0 Å². The van der Waals surface area contributed by atoms with Crippen LogP contribution >= 0.6 is 0 Å². The van der Waals surface area contributed by atoms with E-state index in [0.29, 0.717) is 12.5 Å². The summed E-state index contributed by atoms with van der Waals surface area (Å²) in [5.74, 6) is 1.21. The zero-order valence-corrected chi connectivity index (χ0v) is 16.0. The number of piperidine rings is 1. The fourth-order valence-corrected chi connectivity index (χ4v) is 3.66. The van der Waals surface area contributed by atoms with E-state index in [2.05, 4.69) is 21.8 Å². The van der Waals surface area contributed by atoms with Crippen molar-refractivity contribution < 1.29 is 27.4 Å². The zero-order chi connectivity index (χ0) is 20.3. The standard InChI is InChI=1S/C22H24F3NO3/c23-22(24,25)29-20-5-1-16(2-6-20)13-17-9-11-26(12-10-17)18-3-7-19(8-4-18)27-14-21-15-28-21/h1-8,17,21H,9-15H2/t21-/m0/s1. The molecule has 0 N–H and O–H groups in total. The van der Waals surface area contributed by atoms with Crippen LogP contribution in [0.15, 0.2) is 48.5 Å². The Balaban J connectivity index is 1.23. The third-order valence-electron chi connectivity index (χ3n) is 5.34. The van der Waals surface area contributed by atoms with Crippen molar-refractivity contribution in [3.05, 3.63) is 54.1 Å². The van der Waals surface area contributed by atoms with Gasteiger partial charge in [-0.3, -0.25) is 0 Å². The first-order valence-electron chi connectivity index (χ1n) is 9.89. The van der Waals surface area contributed by atoms with Crippen LogP contribution in [0.25, 0.3) is 0 Å². The van der Waals surface area contributed by atoms with Crippen LogP contribution in [0, 0.1) is 5.92 Å². The summed E-state index contributed by atoms with van der Waals surface area (Å²) >= 11 is 0. The number of hydrogen-bond donors (Lipinski definition) is 0. The number of halogens is 3. The van der Waals surface area contributed by atoms with Gasteiger partial charge < -0.3 is 19.1 Å². The minimum Gasteiger partial charge on any atom is -0.491 e. The zero-order valence-electron chi connectivity index (χ0n) is 16.0. The summed E-state index contributed by atoms with van der Waals surface area (Å²) in [7, 11) is 0. The van der Waals surface area contributed by atoms with Crippen molar-refractivity contribution in [1.29, 1.82) is 0 Å². The first-order valence-corrected chi connectivity index (χ1v) is 9.89. The molecule has 0 amide bonds. The first kappa shape index (κ1) is 19.9. The summed E-state index contributed by atoms with van der Waals surface area (Å²) in [6, 6.07) is 14.4. The van der Waals surface area contributed by atoms with Gasteiger partial charge in [-0.05, 0) is 67.1 Å². The van der Waals surface area contributed by atoms with Crippen LogP contribution in [-0.4, -0.2) is 38.8 Å². The lowest BCUT2D eigenvalue weighted by Gasteiger charge is -2.33. The predicted octanol–water partition coefficient (Wildman–Crippen LogP) is 4.82. The number of hydrogen-bond acceptors (Lipinski definition) is 4. The molecule has 2 aromatic rings. The molecule has 0 radical (unpaired) electrons. The molecule has 29 heavy (non-hydrogen) atoms. The Morgan fingerprint density at radius 2 is 1.55 bits per heavy atom. The highest BCUT2D eigenvalue weighted by atomic mass is 19.4. The van der Waals surface area contributed by atoms with Crippen LogP contribution in [0.5, 0.6) is 11.5 Å². The minimum atomic E-state index is -4.65. The molecule has 2 saturated heterocycles. The lowest BCUT2D eigenvalue weighted by molar-refractivity contribution is -0.274. The first-order chi connectivity index (χ1) is 13.9. The Labute approximate surface area is 168 Å². The Bertz CT molecular complexity index is 780. The normalized spacial score (nSPS) is 19.8. The molecular weight excluding hydrogens is 383 g/mol. The number of rotatable bonds is 7. The van der Waals surface area contributed by atoms with Crippen LogP contribution in [-0.2, 0) is 11.2 Å². The molecule has 2 heterocycles. The minimum absolute atomic E-state index is 0.173. The third-order valence-corrected chi connectivity index (χ3v) is 5.34. The average molecular weight is 407 g/mol. The molecule has 0 bridgehead atoms. The van der Waals surface area contributed by atoms with E-state index in [-0.39, 0.29) is 11.9 Å². The van der Waals surface area contributed by atoms with Gasteiger partial charge in [-0.15, -0.1) is 13.2 Å². The Morgan fingerprint density at radius 1 is 0.931 bits per heavy atom. The maximum atomic E-state index is 12.2. The molecule has 7 heteroatoms. The average Bonchev–Trinajstić information content (AvgIpc) is 3.52. The second kappa shape index (κ2) is 8.53. The molecule has 156 valence electrons. The van der Waals surface area contributed by atoms with Gasteiger partial charge in [0.05, 0.1) is 6.61 Å². The second-order valence-electron chi connectivity index (χ2n) is 7.59. The summed E-state index contributed by atoms with van der Waals surface area (Å²) < 4.78 is 51.5. The Hall–Kier alpha value is -2.41. The van der Waals surface area contributed by atoms with Crippen LogP contribution in [0.3, 0.4) is 0 Å². The largest absolute Gasteiger partial charge is 0.573 e. The van der Waals surface area contributed by atoms with E-state index in [1.807, 2.05) is 12.1 Å². The summed E-state index contributed by atoms with van der Waals surface area (Å²) in [5, 5.41) is 0. The van der Waals surface area contributed by atoms with Crippen LogP contribution < -0.4 is 14.4 Å². The number of epoxide rings is 1. The highest BCUT2D eigenvalue weighted by Crippen LogP contribution is 2.28. The van der Waals surface area contributed by atoms with Crippen LogP contribution in [0.2, 0.25) is 0 Å². The Kier molecular flexibility index (Phi) is 5.85. The van der Waals surface area contributed by atoms with Crippen molar-refractivity contribution >= 4 is 5.69 Å². The maximum absolute atomic E-state index is 12.2. The van der Waals surface area contributed by atoms with Crippen molar-refractivity contribution in [2.75, 3.05) is 31.2 Å². The fraction of sp³-hybridized carbons (Fsp3) is 0.455. The molecule has 0 saturated carbocycles. The van der Waals surface area contributed by atoms with Gasteiger partial charge in [-0.25, -0.2) is 0 Å².